The number of nitrogens with zero attached hydrogens (tertiary/aromatic N) is 1. The third-order valence-corrected chi connectivity index (χ3v) is 5.65. The fraction of sp³-hybridized carbons (Fsp3) is 0.130. The third kappa shape index (κ3) is 3.76. The van der Waals surface area contributed by atoms with Crippen LogP contribution in [0, 0.1) is 0 Å². The van der Waals surface area contributed by atoms with E-state index in [0.29, 0.717) is 17.9 Å². The first kappa shape index (κ1) is 17.4. The van der Waals surface area contributed by atoms with Crippen LogP contribution in [0.15, 0.2) is 73.1 Å². The molecule has 0 aliphatic rings. The molecule has 0 saturated heterocycles. The van der Waals surface area contributed by atoms with Gasteiger partial charge in [-0.05, 0) is 59.0 Å². The number of ether oxygens (including phenoxy) is 1. The van der Waals surface area contributed by atoms with Gasteiger partial charge in [0.2, 0.25) is 0 Å². The molecule has 0 aliphatic carbocycles. The molecule has 3 nitrogen and oxygen atoms in total. The number of hydrogen-bond acceptors (Lipinski definition) is 4. The van der Waals surface area contributed by atoms with E-state index in [1.165, 1.54) is 27.7 Å². The molecule has 2 aromatic carbocycles. The Labute approximate surface area is 162 Å². The summed E-state index contributed by atoms with van der Waals surface area (Å²) in [5.74, 6) is -0.251. The molecule has 0 bridgehead atoms. The maximum absolute atomic E-state index is 12.5. The Kier molecular flexibility index (Phi) is 4.99. The van der Waals surface area contributed by atoms with Gasteiger partial charge in [0.15, 0.2) is 0 Å². The minimum atomic E-state index is -0.251. The zero-order chi connectivity index (χ0) is 18.6. The second-order valence-electron chi connectivity index (χ2n) is 6.28. The van der Waals surface area contributed by atoms with E-state index in [9.17, 15) is 4.79 Å². The number of aromatic nitrogens is 1. The number of thiophene rings is 1. The van der Waals surface area contributed by atoms with Crippen LogP contribution in [0.5, 0.6) is 0 Å². The van der Waals surface area contributed by atoms with E-state index in [4.69, 9.17) is 4.74 Å². The Morgan fingerprint density at radius 2 is 1.78 bits per heavy atom. The highest BCUT2D eigenvalue weighted by atomic mass is 32.1. The van der Waals surface area contributed by atoms with Crippen LogP contribution in [0.4, 0.5) is 0 Å². The number of rotatable bonds is 5. The first-order valence-corrected chi connectivity index (χ1v) is 9.74. The Morgan fingerprint density at radius 1 is 1.00 bits per heavy atom. The summed E-state index contributed by atoms with van der Waals surface area (Å²) in [7, 11) is 0. The highest BCUT2D eigenvalue weighted by Gasteiger charge is 2.18. The third-order valence-electron chi connectivity index (χ3n) is 4.44. The molecule has 2 heterocycles. The molecule has 4 rings (SSSR count). The lowest BCUT2D eigenvalue weighted by Crippen LogP contribution is -2.05. The van der Waals surface area contributed by atoms with Gasteiger partial charge in [-0.15, -0.1) is 11.3 Å². The maximum atomic E-state index is 12.5. The van der Waals surface area contributed by atoms with Crippen LogP contribution >= 0.6 is 11.3 Å². The molecule has 0 unspecified atom stereocenters. The van der Waals surface area contributed by atoms with Crippen molar-refractivity contribution in [2.75, 3.05) is 6.61 Å². The lowest BCUT2D eigenvalue weighted by Gasteiger charge is -2.05. The topological polar surface area (TPSA) is 39.2 Å². The van der Waals surface area contributed by atoms with E-state index in [2.05, 4.69) is 41.4 Å². The lowest BCUT2D eigenvalue weighted by molar-refractivity contribution is 0.0531. The first-order valence-electron chi connectivity index (χ1n) is 8.92. The molecule has 4 heteroatoms. The maximum Gasteiger partial charge on any atom is 0.348 e. The summed E-state index contributed by atoms with van der Waals surface area (Å²) in [5, 5.41) is 2.42. The van der Waals surface area contributed by atoms with Crippen molar-refractivity contribution in [1.82, 2.24) is 4.98 Å². The molecule has 0 saturated carbocycles. The largest absolute Gasteiger partial charge is 0.462 e. The Morgan fingerprint density at radius 3 is 2.56 bits per heavy atom. The number of esters is 1. The van der Waals surface area contributed by atoms with Crippen molar-refractivity contribution in [1.29, 1.82) is 0 Å². The van der Waals surface area contributed by atoms with E-state index < -0.39 is 0 Å². The summed E-state index contributed by atoms with van der Waals surface area (Å²) >= 11 is 1.48. The molecule has 2 aromatic heterocycles. The van der Waals surface area contributed by atoms with Gasteiger partial charge in [0.05, 0.1) is 6.61 Å². The summed E-state index contributed by atoms with van der Waals surface area (Å²) in [6.45, 7) is 2.20. The molecular formula is C23H19NO2S. The van der Waals surface area contributed by atoms with Crippen LogP contribution < -0.4 is 0 Å². The molecule has 0 fully saturated rings. The van der Waals surface area contributed by atoms with Crippen LogP contribution in [0.25, 0.3) is 21.2 Å². The van der Waals surface area contributed by atoms with Crippen molar-refractivity contribution in [3.05, 3.63) is 89.1 Å². The highest BCUT2D eigenvalue weighted by molar-refractivity contribution is 7.17. The highest BCUT2D eigenvalue weighted by Crippen LogP contribution is 2.33. The van der Waals surface area contributed by atoms with Crippen molar-refractivity contribution in [2.24, 2.45) is 0 Å². The second kappa shape index (κ2) is 7.72. The molecular weight excluding hydrogens is 354 g/mol. The van der Waals surface area contributed by atoms with Crippen molar-refractivity contribution in [2.45, 2.75) is 13.3 Å². The van der Waals surface area contributed by atoms with Gasteiger partial charge in [0, 0.05) is 17.3 Å². The average Bonchev–Trinajstić information content (AvgIpc) is 3.13. The Balaban J connectivity index is 1.73. The van der Waals surface area contributed by atoms with Gasteiger partial charge in [-0.2, -0.15) is 0 Å². The van der Waals surface area contributed by atoms with Crippen molar-refractivity contribution >= 4 is 28.1 Å². The predicted molar refractivity (Wildman–Crippen MR) is 110 cm³/mol. The zero-order valence-corrected chi connectivity index (χ0v) is 15.8. The van der Waals surface area contributed by atoms with E-state index in [-0.39, 0.29) is 5.97 Å². The van der Waals surface area contributed by atoms with Gasteiger partial charge in [-0.1, -0.05) is 42.5 Å². The van der Waals surface area contributed by atoms with E-state index >= 15 is 0 Å². The molecule has 134 valence electrons. The zero-order valence-electron chi connectivity index (χ0n) is 15.0. The van der Waals surface area contributed by atoms with Crippen LogP contribution in [0.2, 0.25) is 0 Å². The molecule has 0 atom stereocenters. The Hall–Kier alpha value is -2.98. The predicted octanol–water partition coefficient (Wildman–Crippen LogP) is 5.73. The standard InChI is InChI=1S/C23H19NO2S/c1-2-26-23(25)22-20(15-21(27-22)18-9-11-24-12-10-18)14-16-7-8-17-5-3-4-6-19(17)13-16/h3-13,15H,2,14H2,1H3. The number of benzene rings is 2. The smallest absolute Gasteiger partial charge is 0.348 e. The van der Waals surface area contributed by atoms with Crippen molar-refractivity contribution < 1.29 is 9.53 Å². The monoisotopic (exact) mass is 373 g/mol. The number of pyridine rings is 1. The molecule has 0 N–H and O–H groups in total. The van der Waals surface area contributed by atoms with Gasteiger partial charge < -0.3 is 4.74 Å². The van der Waals surface area contributed by atoms with E-state index in [1.807, 2.05) is 31.2 Å². The molecule has 0 spiro atoms. The number of carbonyl (C=O) groups excluding carboxylic acids is 1. The normalized spacial score (nSPS) is 10.9. The van der Waals surface area contributed by atoms with E-state index in [1.54, 1.807) is 12.4 Å². The minimum absolute atomic E-state index is 0.251. The summed E-state index contributed by atoms with van der Waals surface area (Å²) in [6, 6.07) is 20.8. The second-order valence-corrected chi connectivity index (χ2v) is 7.33. The molecule has 0 aliphatic heterocycles. The molecule has 27 heavy (non-hydrogen) atoms. The summed E-state index contributed by atoms with van der Waals surface area (Å²) < 4.78 is 5.28. The summed E-state index contributed by atoms with van der Waals surface area (Å²) in [4.78, 5) is 18.3. The van der Waals surface area contributed by atoms with Crippen LogP contribution in [0.1, 0.15) is 27.7 Å². The van der Waals surface area contributed by atoms with Gasteiger partial charge in [0.25, 0.3) is 0 Å². The van der Waals surface area contributed by atoms with Gasteiger partial charge >= 0.3 is 5.97 Å². The Bertz CT molecular complexity index is 1090. The quantitative estimate of drug-likeness (QED) is 0.419. The first-order chi connectivity index (χ1) is 13.2. The van der Waals surface area contributed by atoms with Crippen molar-refractivity contribution in [3.63, 3.8) is 0 Å². The summed E-state index contributed by atoms with van der Waals surface area (Å²) in [6.07, 6.45) is 4.23. The van der Waals surface area contributed by atoms with Gasteiger partial charge in [0.1, 0.15) is 4.88 Å². The van der Waals surface area contributed by atoms with E-state index in [0.717, 1.165) is 16.0 Å². The van der Waals surface area contributed by atoms with Crippen molar-refractivity contribution in [3.8, 4) is 10.4 Å². The number of hydrogen-bond donors (Lipinski definition) is 0. The fourth-order valence-electron chi connectivity index (χ4n) is 3.16. The number of carbonyl (C=O) groups is 1. The number of fused-ring (bicyclic) bond motifs is 1. The van der Waals surface area contributed by atoms with Crippen LogP contribution in [0.3, 0.4) is 0 Å². The van der Waals surface area contributed by atoms with Gasteiger partial charge in [-0.25, -0.2) is 4.79 Å². The molecule has 0 radical (unpaired) electrons. The average molecular weight is 373 g/mol. The summed E-state index contributed by atoms with van der Waals surface area (Å²) in [5.41, 5.74) is 3.24. The lowest BCUT2D eigenvalue weighted by atomic mass is 10.0. The SMILES string of the molecule is CCOC(=O)c1sc(-c2ccncc2)cc1Cc1ccc2ccccc2c1. The van der Waals surface area contributed by atoms with Crippen LogP contribution in [-0.2, 0) is 11.2 Å². The van der Waals surface area contributed by atoms with Gasteiger partial charge in [-0.3, -0.25) is 4.98 Å². The minimum Gasteiger partial charge on any atom is -0.462 e. The molecule has 4 aromatic rings. The molecule has 0 amide bonds. The fourth-order valence-corrected chi connectivity index (χ4v) is 4.24. The van der Waals surface area contributed by atoms with Crippen LogP contribution in [-0.4, -0.2) is 17.6 Å².